The summed E-state index contributed by atoms with van der Waals surface area (Å²) in [6, 6.07) is 7.79. The minimum absolute atomic E-state index is 0.0512. The second-order valence-corrected chi connectivity index (χ2v) is 9.17. The molecule has 1 aromatic heterocycles. The van der Waals surface area contributed by atoms with Gasteiger partial charge in [0.25, 0.3) is 17.7 Å². The normalized spacial score (nSPS) is 17.6. The maximum atomic E-state index is 13.6. The Morgan fingerprint density at radius 2 is 1.83 bits per heavy atom. The van der Waals surface area contributed by atoms with Crippen LogP contribution in [0.4, 0.5) is 5.69 Å². The lowest BCUT2D eigenvalue weighted by Gasteiger charge is -2.30. The van der Waals surface area contributed by atoms with Crippen molar-refractivity contribution in [2.24, 2.45) is 0 Å². The molecule has 9 nitrogen and oxygen atoms in total. The van der Waals surface area contributed by atoms with Gasteiger partial charge in [0.2, 0.25) is 0 Å². The molecule has 2 aromatic rings. The molecule has 1 atom stereocenters. The molecule has 0 spiro atoms. The van der Waals surface area contributed by atoms with E-state index in [0.29, 0.717) is 12.2 Å². The number of carbonyl (C=O) groups excluding carboxylic acids is 3. The van der Waals surface area contributed by atoms with Gasteiger partial charge in [-0.2, -0.15) is 0 Å². The molecule has 4 rings (SSSR count). The van der Waals surface area contributed by atoms with Crippen LogP contribution in [0, 0.1) is 0 Å². The SMILES string of the molecule is CC[C@@H](NC1=C(Nc2cccc(C(=O)N(C)C)c2O)C(=O)N(C2CCCCC2)C1=O)c1ccco1. The maximum Gasteiger partial charge on any atom is 0.279 e. The maximum absolute atomic E-state index is 13.6. The van der Waals surface area contributed by atoms with Crippen LogP contribution in [-0.2, 0) is 9.59 Å². The smallest absolute Gasteiger partial charge is 0.279 e. The third-order valence-corrected chi connectivity index (χ3v) is 6.60. The fourth-order valence-corrected chi connectivity index (χ4v) is 4.70. The number of furan rings is 1. The van der Waals surface area contributed by atoms with Gasteiger partial charge in [-0.3, -0.25) is 19.3 Å². The Kier molecular flexibility index (Phi) is 7.14. The number of phenolic OH excluding ortho intramolecular Hbond substituents is 1. The summed E-state index contributed by atoms with van der Waals surface area (Å²) in [5.41, 5.74) is 0.450. The molecular weight excluding hydrogens is 448 g/mol. The molecule has 9 heteroatoms. The first-order chi connectivity index (χ1) is 16.8. The van der Waals surface area contributed by atoms with Crippen LogP contribution in [-0.4, -0.2) is 52.8 Å². The van der Waals surface area contributed by atoms with E-state index in [1.54, 1.807) is 38.6 Å². The number of carbonyl (C=O) groups is 3. The molecule has 1 fully saturated rings. The molecular formula is C26H32N4O5. The number of nitrogens with one attached hydrogen (secondary N) is 2. The van der Waals surface area contributed by atoms with Crippen molar-refractivity contribution in [3.8, 4) is 5.75 Å². The molecule has 1 aromatic carbocycles. The summed E-state index contributed by atoms with van der Waals surface area (Å²) in [5, 5.41) is 17.0. The molecule has 0 radical (unpaired) electrons. The summed E-state index contributed by atoms with van der Waals surface area (Å²) >= 11 is 0. The quantitative estimate of drug-likeness (QED) is 0.389. The van der Waals surface area contributed by atoms with Gasteiger partial charge in [0, 0.05) is 20.1 Å². The molecule has 1 aliphatic heterocycles. The Labute approximate surface area is 204 Å². The Morgan fingerprint density at radius 1 is 1.11 bits per heavy atom. The number of para-hydroxylation sites is 1. The zero-order valence-electron chi connectivity index (χ0n) is 20.3. The van der Waals surface area contributed by atoms with Gasteiger partial charge in [0.15, 0.2) is 5.75 Å². The van der Waals surface area contributed by atoms with E-state index in [2.05, 4.69) is 10.6 Å². The van der Waals surface area contributed by atoms with Crippen molar-refractivity contribution in [1.82, 2.24) is 15.1 Å². The van der Waals surface area contributed by atoms with Gasteiger partial charge in [-0.1, -0.05) is 32.3 Å². The van der Waals surface area contributed by atoms with Crippen LogP contribution in [0.15, 0.2) is 52.4 Å². The first-order valence-electron chi connectivity index (χ1n) is 12.1. The molecule has 2 aliphatic rings. The molecule has 35 heavy (non-hydrogen) atoms. The predicted molar refractivity (Wildman–Crippen MR) is 130 cm³/mol. The Hall–Kier alpha value is -3.75. The number of aromatic hydroxyl groups is 1. The summed E-state index contributed by atoms with van der Waals surface area (Å²) < 4.78 is 5.54. The van der Waals surface area contributed by atoms with E-state index in [1.165, 1.54) is 15.9 Å². The van der Waals surface area contributed by atoms with Crippen LogP contribution in [0.5, 0.6) is 5.75 Å². The van der Waals surface area contributed by atoms with E-state index in [9.17, 15) is 19.5 Å². The summed E-state index contributed by atoms with van der Waals surface area (Å²) in [7, 11) is 3.18. The third kappa shape index (κ3) is 4.76. The highest BCUT2D eigenvalue weighted by Crippen LogP contribution is 2.35. The lowest BCUT2D eigenvalue weighted by atomic mass is 9.94. The van der Waals surface area contributed by atoms with Crippen molar-refractivity contribution in [2.45, 2.75) is 57.5 Å². The summed E-state index contributed by atoms with van der Waals surface area (Å²) in [6.45, 7) is 1.95. The highest BCUT2D eigenvalue weighted by Gasteiger charge is 2.43. The van der Waals surface area contributed by atoms with Gasteiger partial charge in [0.1, 0.15) is 17.2 Å². The van der Waals surface area contributed by atoms with Gasteiger partial charge < -0.3 is 25.1 Å². The topological polar surface area (TPSA) is 115 Å². The molecule has 2 heterocycles. The zero-order valence-corrected chi connectivity index (χ0v) is 20.3. The third-order valence-electron chi connectivity index (χ3n) is 6.60. The van der Waals surface area contributed by atoms with E-state index in [1.807, 2.05) is 13.0 Å². The fraction of sp³-hybridized carbons (Fsp3) is 0.423. The lowest BCUT2D eigenvalue weighted by molar-refractivity contribution is -0.141. The standard InChI is InChI=1S/C26H32N4O5/c1-4-18(20-14-9-15-35-20)27-21-22(26(34)30(25(21)33)16-10-6-5-7-11-16)28-19-13-8-12-17(23(19)31)24(32)29(2)3/h8-9,12-16,18,27-28,31H,4-7,10-11H2,1-3H3/t18-/m1/s1. The van der Waals surface area contributed by atoms with Crippen LogP contribution in [0.1, 0.15) is 67.6 Å². The van der Waals surface area contributed by atoms with E-state index < -0.39 is 11.8 Å². The average molecular weight is 481 g/mol. The molecule has 3 N–H and O–H groups in total. The number of hydrogen-bond donors (Lipinski definition) is 3. The van der Waals surface area contributed by atoms with Gasteiger partial charge >= 0.3 is 0 Å². The summed E-state index contributed by atoms with van der Waals surface area (Å²) in [6.07, 6.45) is 6.74. The average Bonchev–Trinajstić information content (AvgIpc) is 3.46. The molecule has 1 aliphatic carbocycles. The second kappa shape index (κ2) is 10.2. The van der Waals surface area contributed by atoms with Crippen LogP contribution >= 0.6 is 0 Å². The molecule has 0 bridgehead atoms. The highest BCUT2D eigenvalue weighted by atomic mass is 16.3. The number of phenols is 1. The number of rotatable bonds is 8. The van der Waals surface area contributed by atoms with Crippen molar-refractivity contribution in [1.29, 1.82) is 0 Å². The number of benzene rings is 1. The van der Waals surface area contributed by atoms with Gasteiger partial charge in [0.05, 0.1) is 23.6 Å². The number of imide groups is 1. The van der Waals surface area contributed by atoms with Gasteiger partial charge in [-0.25, -0.2) is 0 Å². The monoisotopic (exact) mass is 480 g/mol. The van der Waals surface area contributed by atoms with E-state index in [-0.39, 0.29) is 46.4 Å². The van der Waals surface area contributed by atoms with Crippen LogP contribution in [0.25, 0.3) is 0 Å². The van der Waals surface area contributed by atoms with Crippen molar-refractivity contribution in [2.75, 3.05) is 19.4 Å². The van der Waals surface area contributed by atoms with Crippen LogP contribution in [0.3, 0.4) is 0 Å². The van der Waals surface area contributed by atoms with Gasteiger partial charge in [-0.15, -0.1) is 0 Å². The van der Waals surface area contributed by atoms with Gasteiger partial charge in [-0.05, 0) is 43.5 Å². The Morgan fingerprint density at radius 3 is 2.46 bits per heavy atom. The minimum Gasteiger partial charge on any atom is -0.505 e. The van der Waals surface area contributed by atoms with E-state index >= 15 is 0 Å². The lowest BCUT2D eigenvalue weighted by Crippen LogP contribution is -2.43. The molecule has 3 amide bonds. The van der Waals surface area contributed by atoms with Crippen LogP contribution < -0.4 is 10.6 Å². The van der Waals surface area contributed by atoms with Crippen LogP contribution in [0.2, 0.25) is 0 Å². The fourth-order valence-electron chi connectivity index (χ4n) is 4.70. The first kappa shape index (κ1) is 24.4. The number of hydrogen-bond acceptors (Lipinski definition) is 7. The zero-order chi connectivity index (χ0) is 25.1. The van der Waals surface area contributed by atoms with E-state index in [0.717, 1.165) is 32.1 Å². The largest absolute Gasteiger partial charge is 0.505 e. The molecule has 0 unspecified atom stereocenters. The van der Waals surface area contributed by atoms with E-state index in [4.69, 9.17) is 4.42 Å². The Balaban J connectivity index is 1.72. The van der Waals surface area contributed by atoms with Crippen molar-refractivity contribution in [3.05, 3.63) is 59.3 Å². The predicted octanol–water partition coefficient (Wildman–Crippen LogP) is 3.75. The van der Waals surface area contributed by atoms with Crippen molar-refractivity contribution >= 4 is 23.4 Å². The Bertz CT molecular complexity index is 1130. The summed E-state index contributed by atoms with van der Waals surface area (Å²) in [5.74, 6) is -0.846. The summed E-state index contributed by atoms with van der Waals surface area (Å²) in [4.78, 5) is 42.3. The minimum atomic E-state index is -0.442. The van der Waals surface area contributed by atoms with Crippen molar-refractivity contribution in [3.63, 3.8) is 0 Å². The highest BCUT2D eigenvalue weighted by molar-refractivity contribution is 6.20. The molecule has 0 saturated heterocycles. The molecule has 1 saturated carbocycles. The number of anilines is 1. The first-order valence-corrected chi connectivity index (χ1v) is 12.1. The number of amides is 3. The number of nitrogens with zero attached hydrogens (tertiary/aromatic N) is 2. The second-order valence-electron chi connectivity index (χ2n) is 9.17. The molecule has 186 valence electrons. The van der Waals surface area contributed by atoms with Crippen molar-refractivity contribution < 1.29 is 23.9 Å².